The van der Waals surface area contributed by atoms with Crippen LogP contribution >= 0.6 is 11.6 Å². The lowest BCUT2D eigenvalue weighted by atomic mass is 10.0. The van der Waals surface area contributed by atoms with Gasteiger partial charge in [0.05, 0.1) is 15.6 Å². The van der Waals surface area contributed by atoms with Crippen LogP contribution in [0.15, 0.2) is 48.5 Å². The summed E-state index contributed by atoms with van der Waals surface area (Å²) < 4.78 is 0. The van der Waals surface area contributed by atoms with Crippen LogP contribution in [-0.2, 0) is 0 Å². The van der Waals surface area contributed by atoms with E-state index in [9.17, 15) is 14.9 Å². The van der Waals surface area contributed by atoms with Crippen molar-refractivity contribution in [3.8, 4) is 0 Å². The first-order chi connectivity index (χ1) is 12.0. The fourth-order valence-corrected chi connectivity index (χ4v) is 3.15. The predicted octanol–water partition coefficient (Wildman–Crippen LogP) is 3.96. The number of halogens is 1. The molecule has 0 aromatic heterocycles. The molecule has 3 rings (SSSR count). The monoisotopic (exact) mass is 359 g/mol. The van der Waals surface area contributed by atoms with Crippen molar-refractivity contribution in [1.29, 1.82) is 0 Å². The van der Waals surface area contributed by atoms with Gasteiger partial charge < -0.3 is 10.2 Å². The fourth-order valence-electron chi connectivity index (χ4n) is 2.96. The number of nitro groups is 1. The fraction of sp³-hybridized carbons (Fsp3) is 0.278. The zero-order valence-corrected chi connectivity index (χ0v) is 14.3. The molecule has 1 aliphatic rings. The topological polar surface area (TPSA) is 75.5 Å². The third-order valence-corrected chi connectivity index (χ3v) is 4.65. The maximum Gasteiger partial charge on any atom is 0.270 e. The minimum absolute atomic E-state index is 0.0684. The lowest BCUT2D eigenvalue weighted by Gasteiger charge is -2.33. The van der Waals surface area contributed by atoms with E-state index in [0.717, 1.165) is 18.5 Å². The summed E-state index contributed by atoms with van der Waals surface area (Å²) in [7, 11) is 0. The van der Waals surface area contributed by atoms with Gasteiger partial charge in [0, 0.05) is 36.8 Å². The summed E-state index contributed by atoms with van der Waals surface area (Å²) in [5.41, 5.74) is 1.18. The molecule has 1 fully saturated rings. The Hall–Kier alpha value is -2.60. The summed E-state index contributed by atoms with van der Waals surface area (Å²) in [6.07, 6.45) is 1.60. The smallest absolute Gasteiger partial charge is 0.270 e. The summed E-state index contributed by atoms with van der Waals surface area (Å²) in [5.74, 6) is -0.167. The Kier molecular flexibility index (Phi) is 5.19. The van der Waals surface area contributed by atoms with E-state index in [1.54, 1.807) is 11.0 Å². The van der Waals surface area contributed by atoms with Crippen molar-refractivity contribution in [2.45, 2.75) is 18.9 Å². The van der Waals surface area contributed by atoms with Gasteiger partial charge in [-0.25, -0.2) is 0 Å². The van der Waals surface area contributed by atoms with E-state index in [1.165, 1.54) is 18.2 Å². The number of amides is 1. The number of piperidine rings is 1. The van der Waals surface area contributed by atoms with Crippen molar-refractivity contribution in [2.75, 3.05) is 18.4 Å². The maximum atomic E-state index is 12.6. The molecular weight excluding hydrogens is 342 g/mol. The first-order valence-corrected chi connectivity index (χ1v) is 8.47. The molecule has 1 saturated heterocycles. The second kappa shape index (κ2) is 7.53. The number of nitrogens with zero attached hydrogens (tertiary/aromatic N) is 2. The van der Waals surface area contributed by atoms with Gasteiger partial charge in [-0.3, -0.25) is 14.9 Å². The third-order valence-electron chi connectivity index (χ3n) is 4.32. The molecule has 0 atom stereocenters. The lowest BCUT2D eigenvalue weighted by Crippen LogP contribution is -2.42. The predicted molar refractivity (Wildman–Crippen MR) is 97.1 cm³/mol. The molecule has 1 N–H and O–H groups in total. The Labute approximate surface area is 150 Å². The molecule has 0 saturated carbocycles. The molecule has 0 unspecified atom stereocenters. The van der Waals surface area contributed by atoms with Crippen LogP contribution in [0.4, 0.5) is 11.4 Å². The first kappa shape index (κ1) is 17.2. The van der Waals surface area contributed by atoms with E-state index in [4.69, 9.17) is 11.6 Å². The highest BCUT2D eigenvalue weighted by molar-refractivity contribution is 6.33. The molecule has 0 aliphatic carbocycles. The second-order valence-electron chi connectivity index (χ2n) is 6.00. The van der Waals surface area contributed by atoms with Gasteiger partial charge in [0.15, 0.2) is 0 Å². The molecule has 0 spiro atoms. The number of hydrogen-bond acceptors (Lipinski definition) is 4. The van der Waals surface area contributed by atoms with Crippen molar-refractivity contribution in [1.82, 2.24) is 4.90 Å². The summed E-state index contributed by atoms with van der Waals surface area (Å²) >= 11 is 6.16. The Morgan fingerprint density at radius 1 is 1.16 bits per heavy atom. The minimum Gasteiger partial charge on any atom is -0.381 e. The molecule has 7 heteroatoms. The van der Waals surface area contributed by atoms with Gasteiger partial charge >= 0.3 is 0 Å². The van der Waals surface area contributed by atoms with E-state index in [1.807, 2.05) is 24.3 Å². The standard InChI is InChI=1S/C18H18ClN3O3/c19-16-6-1-2-7-17(16)20-14-8-10-21(11-9-14)18(23)13-4-3-5-15(12-13)22(24)25/h1-7,12,14,20H,8-11H2. The number of carbonyl (C=O) groups excluding carboxylic acids is 1. The van der Waals surface area contributed by atoms with Crippen molar-refractivity contribution in [2.24, 2.45) is 0 Å². The van der Waals surface area contributed by atoms with Gasteiger partial charge in [0.1, 0.15) is 0 Å². The molecular formula is C18H18ClN3O3. The molecule has 1 aliphatic heterocycles. The molecule has 2 aromatic carbocycles. The average Bonchev–Trinajstić information content (AvgIpc) is 2.64. The number of likely N-dealkylation sites (tertiary alicyclic amines) is 1. The largest absolute Gasteiger partial charge is 0.381 e. The van der Waals surface area contributed by atoms with Crippen LogP contribution in [0.2, 0.25) is 5.02 Å². The molecule has 1 heterocycles. The number of non-ortho nitro benzene ring substituents is 1. The van der Waals surface area contributed by atoms with Crippen molar-refractivity contribution in [3.63, 3.8) is 0 Å². The second-order valence-corrected chi connectivity index (χ2v) is 6.41. The Morgan fingerprint density at radius 3 is 2.56 bits per heavy atom. The molecule has 25 heavy (non-hydrogen) atoms. The number of anilines is 1. The van der Waals surface area contributed by atoms with Crippen molar-refractivity contribution < 1.29 is 9.72 Å². The summed E-state index contributed by atoms with van der Waals surface area (Å²) in [6, 6.07) is 13.7. The van der Waals surface area contributed by atoms with E-state index in [2.05, 4.69) is 5.32 Å². The average molecular weight is 360 g/mol. The number of para-hydroxylation sites is 1. The van der Waals surface area contributed by atoms with Gasteiger partial charge in [0.25, 0.3) is 11.6 Å². The number of carbonyl (C=O) groups is 1. The maximum absolute atomic E-state index is 12.6. The van der Waals surface area contributed by atoms with Crippen LogP contribution in [-0.4, -0.2) is 34.9 Å². The number of rotatable bonds is 4. The Bertz CT molecular complexity index is 789. The SMILES string of the molecule is O=C(c1cccc([N+](=O)[O-])c1)N1CCC(Nc2ccccc2Cl)CC1. The third kappa shape index (κ3) is 4.09. The molecule has 1 amide bonds. The summed E-state index contributed by atoms with van der Waals surface area (Å²) in [4.78, 5) is 24.7. The summed E-state index contributed by atoms with van der Waals surface area (Å²) in [6.45, 7) is 1.20. The molecule has 0 bridgehead atoms. The van der Waals surface area contributed by atoms with Gasteiger partial charge in [-0.05, 0) is 31.0 Å². The van der Waals surface area contributed by atoms with Crippen LogP contribution in [0.3, 0.4) is 0 Å². The number of nitrogens with one attached hydrogen (secondary N) is 1. The van der Waals surface area contributed by atoms with Gasteiger partial charge in [-0.1, -0.05) is 29.8 Å². The lowest BCUT2D eigenvalue weighted by molar-refractivity contribution is -0.384. The highest BCUT2D eigenvalue weighted by atomic mass is 35.5. The van der Waals surface area contributed by atoms with Crippen LogP contribution in [0.5, 0.6) is 0 Å². The van der Waals surface area contributed by atoms with Gasteiger partial charge in [0.2, 0.25) is 0 Å². The quantitative estimate of drug-likeness (QED) is 0.662. The minimum atomic E-state index is -0.490. The first-order valence-electron chi connectivity index (χ1n) is 8.09. The Balaban J connectivity index is 1.60. The van der Waals surface area contributed by atoms with E-state index >= 15 is 0 Å². The summed E-state index contributed by atoms with van der Waals surface area (Å²) in [5, 5.41) is 14.9. The van der Waals surface area contributed by atoms with E-state index in [-0.39, 0.29) is 17.6 Å². The number of nitro benzene ring substituents is 1. The van der Waals surface area contributed by atoms with Gasteiger partial charge in [-0.15, -0.1) is 0 Å². The Morgan fingerprint density at radius 2 is 1.88 bits per heavy atom. The number of benzene rings is 2. The highest BCUT2D eigenvalue weighted by Gasteiger charge is 2.24. The van der Waals surface area contributed by atoms with Crippen molar-refractivity contribution in [3.05, 3.63) is 69.2 Å². The normalized spacial score (nSPS) is 15.0. The van der Waals surface area contributed by atoms with Gasteiger partial charge in [-0.2, -0.15) is 0 Å². The van der Waals surface area contributed by atoms with Crippen LogP contribution < -0.4 is 5.32 Å². The zero-order chi connectivity index (χ0) is 17.8. The highest BCUT2D eigenvalue weighted by Crippen LogP contribution is 2.24. The number of hydrogen-bond donors (Lipinski definition) is 1. The molecule has 6 nitrogen and oxygen atoms in total. The van der Waals surface area contributed by atoms with E-state index < -0.39 is 4.92 Å². The zero-order valence-electron chi connectivity index (χ0n) is 13.5. The van der Waals surface area contributed by atoms with Crippen molar-refractivity contribution >= 4 is 28.9 Å². The van der Waals surface area contributed by atoms with Crippen LogP contribution in [0, 0.1) is 10.1 Å². The molecule has 0 radical (unpaired) electrons. The van der Waals surface area contributed by atoms with E-state index in [0.29, 0.717) is 23.7 Å². The van der Waals surface area contributed by atoms with Crippen LogP contribution in [0.25, 0.3) is 0 Å². The molecule has 2 aromatic rings. The van der Waals surface area contributed by atoms with Crippen LogP contribution in [0.1, 0.15) is 23.2 Å². The molecule has 130 valence electrons.